The summed E-state index contributed by atoms with van der Waals surface area (Å²) in [6, 6.07) is 10.7. The first-order valence-corrected chi connectivity index (χ1v) is 6.22. The highest BCUT2D eigenvalue weighted by molar-refractivity contribution is 5.86. The van der Waals surface area contributed by atoms with Gasteiger partial charge in [-0.05, 0) is 12.5 Å². The van der Waals surface area contributed by atoms with E-state index in [9.17, 15) is 10.1 Å². The van der Waals surface area contributed by atoms with Crippen molar-refractivity contribution in [3.8, 4) is 6.07 Å². The molecule has 2 rings (SSSR count). The summed E-state index contributed by atoms with van der Waals surface area (Å²) < 4.78 is 1.73. The molecule has 1 amide bonds. The Kier molecular flexibility index (Phi) is 4.11. The van der Waals surface area contributed by atoms with Crippen molar-refractivity contribution in [2.75, 3.05) is 0 Å². The quantitative estimate of drug-likeness (QED) is 0.906. The van der Waals surface area contributed by atoms with Crippen LogP contribution in [0.4, 0.5) is 0 Å². The fraction of sp³-hybridized carbons (Fsp3) is 0.286. The average Bonchev–Trinajstić information content (AvgIpc) is 2.87. The van der Waals surface area contributed by atoms with Crippen molar-refractivity contribution in [1.29, 1.82) is 5.26 Å². The molecule has 2 atom stereocenters. The zero-order chi connectivity index (χ0) is 14.5. The van der Waals surface area contributed by atoms with Crippen LogP contribution in [0.15, 0.2) is 36.7 Å². The molecule has 102 valence electrons. The van der Waals surface area contributed by atoms with E-state index in [1.807, 2.05) is 12.1 Å². The maximum absolute atomic E-state index is 12.2. The number of hydrogen-bond acceptors (Lipinski definition) is 4. The standard InChI is InChI=1S/C14H15N5O/c1-10(13-18-16-9-19(13)2)17-14(20)12(8-15)11-6-4-3-5-7-11/h3-7,9-10,12H,1-2H3,(H,17,20). The van der Waals surface area contributed by atoms with Crippen LogP contribution < -0.4 is 5.32 Å². The molecule has 0 saturated heterocycles. The van der Waals surface area contributed by atoms with Gasteiger partial charge in [0.15, 0.2) is 5.82 Å². The molecule has 0 aliphatic rings. The van der Waals surface area contributed by atoms with E-state index in [0.29, 0.717) is 11.4 Å². The summed E-state index contributed by atoms with van der Waals surface area (Å²) in [5.74, 6) is -0.524. The Labute approximate surface area is 117 Å². The molecular formula is C14H15N5O. The molecule has 1 heterocycles. The van der Waals surface area contributed by atoms with Crippen LogP contribution in [0.2, 0.25) is 0 Å². The number of nitriles is 1. The monoisotopic (exact) mass is 269 g/mol. The fourth-order valence-electron chi connectivity index (χ4n) is 1.98. The van der Waals surface area contributed by atoms with Crippen molar-refractivity contribution in [1.82, 2.24) is 20.1 Å². The highest BCUT2D eigenvalue weighted by atomic mass is 16.1. The smallest absolute Gasteiger partial charge is 0.242 e. The van der Waals surface area contributed by atoms with Crippen LogP contribution in [0.5, 0.6) is 0 Å². The van der Waals surface area contributed by atoms with Gasteiger partial charge in [-0.3, -0.25) is 4.79 Å². The third kappa shape index (κ3) is 2.83. The van der Waals surface area contributed by atoms with Gasteiger partial charge < -0.3 is 9.88 Å². The van der Waals surface area contributed by atoms with E-state index >= 15 is 0 Å². The van der Waals surface area contributed by atoms with Crippen LogP contribution in [-0.4, -0.2) is 20.7 Å². The summed E-state index contributed by atoms with van der Waals surface area (Å²) in [7, 11) is 1.80. The molecule has 6 nitrogen and oxygen atoms in total. The number of carbonyl (C=O) groups is 1. The molecule has 1 aromatic heterocycles. The minimum absolute atomic E-state index is 0.311. The summed E-state index contributed by atoms with van der Waals surface area (Å²) in [5.41, 5.74) is 0.678. The Morgan fingerprint density at radius 1 is 1.40 bits per heavy atom. The molecule has 0 aliphatic heterocycles. The third-order valence-corrected chi connectivity index (χ3v) is 3.02. The second kappa shape index (κ2) is 5.97. The largest absolute Gasteiger partial charge is 0.345 e. The summed E-state index contributed by atoms with van der Waals surface area (Å²) >= 11 is 0. The Hall–Kier alpha value is -2.68. The lowest BCUT2D eigenvalue weighted by molar-refractivity contribution is -0.122. The molecule has 2 aromatic rings. The van der Waals surface area contributed by atoms with Crippen molar-refractivity contribution >= 4 is 5.91 Å². The molecule has 20 heavy (non-hydrogen) atoms. The lowest BCUT2D eigenvalue weighted by atomic mass is 9.99. The second-order valence-electron chi connectivity index (χ2n) is 4.50. The Morgan fingerprint density at radius 2 is 2.10 bits per heavy atom. The first-order valence-electron chi connectivity index (χ1n) is 6.22. The summed E-state index contributed by atoms with van der Waals surface area (Å²) in [5, 5.41) is 19.7. The first-order chi connectivity index (χ1) is 9.63. The van der Waals surface area contributed by atoms with E-state index in [0.717, 1.165) is 0 Å². The molecule has 0 radical (unpaired) electrons. The van der Waals surface area contributed by atoms with Crippen LogP contribution in [0.3, 0.4) is 0 Å². The molecule has 0 aliphatic carbocycles. The maximum atomic E-state index is 12.2. The summed E-state index contributed by atoms with van der Waals surface area (Å²) in [6.45, 7) is 1.81. The normalized spacial score (nSPS) is 13.2. The van der Waals surface area contributed by atoms with Gasteiger partial charge in [-0.2, -0.15) is 5.26 Å². The van der Waals surface area contributed by atoms with Crippen LogP contribution in [-0.2, 0) is 11.8 Å². The fourth-order valence-corrected chi connectivity index (χ4v) is 1.98. The van der Waals surface area contributed by atoms with Gasteiger partial charge in [-0.1, -0.05) is 30.3 Å². The van der Waals surface area contributed by atoms with E-state index in [2.05, 4.69) is 15.5 Å². The van der Waals surface area contributed by atoms with Crippen molar-refractivity contribution < 1.29 is 4.79 Å². The van der Waals surface area contributed by atoms with E-state index < -0.39 is 5.92 Å². The highest BCUT2D eigenvalue weighted by Gasteiger charge is 2.23. The number of nitrogens with zero attached hydrogens (tertiary/aromatic N) is 4. The lowest BCUT2D eigenvalue weighted by Crippen LogP contribution is -2.32. The number of nitrogens with one attached hydrogen (secondary N) is 1. The molecule has 0 saturated carbocycles. The average molecular weight is 269 g/mol. The van der Waals surface area contributed by atoms with Crippen LogP contribution in [0.25, 0.3) is 0 Å². The number of aromatic nitrogens is 3. The number of amides is 1. The van der Waals surface area contributed by atoms with Gasteiger partial charge >= 0.3 is 0 Å². The van der Waals surface area contributed by atoms with Gasteiger partial charge in [-0.25, -0.2) is 0 Å². The molecule has 0 bridgehead atoms. The second-order valence-corrected chi connectivity index (χ2v) is 4.50. The van der Waals surface area contributed by atoms with E-state index in [4.69, 9.17) is 0 Å². The molecule has 0 spiro atoms. The number of carbonyl (C=O) groups excluding carboxylic acids is 1. The first kappa shape index (κ1) is 13.7. The van der Waals surface area contributed by atoms with Gasteiger partial charge in [0, 0.05) is 7.05 Å². The maximum Gasteiger partial charge on any atom is 0.242 e. The number of benzene rings is 1. The Bertz CT molecular complexity index is 629. The molecule has 0 fully saturated rings. The van der Waals surface area contributed by atoms with Crippen molar-refractivity contribution in [2.45, 2.75) is 18.9 Å². The van der Waals surface area contributed by atoms with Crippen LogP contribution in [0.1, 0.15) is 30.3 Å². The Balaban J connectivity index is 2.11. The molecule has 1 aromatic carbocycles. The van der Waals surface area contributed by atoms with E-state index in [-0.39, 0.29) is 11.9 Å². The van der Waals surface area contributed by atoms with Crippen molar-refractivity contribution in [3.05, 3.63) is 48.0 Å². The predicted octanol–water partition coefficient (Wildman–Crippen LogP) is 1.30. The SMILES string of the molecule is CC(NC(=O)C(C#N)c1ccccc1)c1nncn1C. The molecule has 1 N–H and O–H groups in total. The van der Waals surface area contributed by atoms with E-state index in [1.165, 1.54) is 0 Å². The number of rotatable bonds is 4. The Morgan fingerprint density at radius 3 is 2.65 bits per heavy atom. The number of hydrogen-bond donors (Lipinski definition) is 1. The van der Waals surface area contributed by atoms with Gasteiger partial charge in [0.05, 0.1) is 12.1 Å². The number of aryl methyl sites for hydroxylation is 1. The van der Waals surface area contributed by atoms with E-state index in [1.54, 1.807) is 49.1 Å². The van der Waals surface area contributed by atoms with Gasteiger partial charge in [0.1, 0.15) is 12.2 Å². The van der Waals surface area contributed by atoms with Crippen LogP contribution in [0, 0.1) is 11.3 Å². The van der Waals surface area contributed by atoms with Gasteiger partial charge in [0.25, 0.3) is 0 Å². The zero-order valence-electron chi connectivity index (χ0n) is 11.3. The molecule has 2 unspecified atom stereocenters. The van der Waals surface area contributed by atoms with Gasteiger partial charge in [-0.15, -0.1) is 10.2 Å². The minimum atomic E-state index is -0.827. The van der Waals surface area contributed by atoms with Crippen LogP contribution >= 0.6 is 0 Å². The van der Waals surface area contributed by atoms with Gasteiger partial charge in [0.2, 0.25) is 5.91 Å². The summed E-state index contributed by atoms with van der Waals surface area (Å²) in [4.78, 5) is 12.2. The van der Waals surface area contributed by atoms with Crippen molar-refractivity contribution in [3.63, 3.8) is 0 Å². The third-order valence-electron chi connectivity index (χ3n) is 3.02. The molecule has 6 heteroatoms. The van der Waals surface area contributed by atoms with Crippen molar-refractivity contribution in [2.24, 2.45) is 7.05 Å². The lowest BCUT2D eigenvalue weighted by Gasteiger charge is -2.15. The summed E-state index contributed by atoms with van der Waals surface area (Å²) in [6.07, 6.45) is 1.57. The zero-order valence-corrected chi connectivity index (χ0v) is 11.3. The predicted molar refractivity (Wildman–Crippen MR) is 72.4 cm³/mol. The molecular weight excluding hydrogens is 254 g/mol. The minimum Gasteiger partial charge on any atom is -0.345 e. The topological polar surface area (TPSA) is 83.6 Å². The highest BCUT2D eigenvalue weighted by Crippen LogP contribution is 2.16.